The van der Waals surface area contributed by atoms with Crippen molar-refractivity contribution in [3.05, 3.63) is 22.2 Å². The topological polar surface area (TPSA) is 47.7 Å². The third-order valence-corrected chi connectivity index (χ3v) is 5.26. The molecule has 21 heavy (non-hydrogen) atoms. The summed E-state index contributed by atoms with van der Waals surface area (Å²) in [6.07, 6.45) is 3.25. The van der Waals surface area contributed by atoms with E-state index in [2.05, 4.69) is 47.1 Å². The number of nitrogens with two attached hydrogens (primary N) is 1. The molecule has 0 aromatic heterocycles. The molecule has 2 rings (SSSR count). The third kappa shape index (κ3) is 3.67. The molecule has 1 aromatic rings. The molecule has 0 radical (unpaired) electrons. The molecular formula is C15H23BrN2O2S. The Morgan fingerprint density at radius 1 is 1.43 bits per heavy atom. The molecule has 0 fully saturated rings. The minimum absolute atomic E-state index is 0.174. The molecule has 118 valence electrons. The van der Waals surface area contributed by atoms with Crippen molar-refractivity contribution in [3.63, 3.8) is 0 Å². The second-order valence-corrected chi connectivity index (χ2v) is 6.94. The van der Waals surface area contributed by atoms with Gasteiger partial charge in [0.15, 0.2) is 11.5 Å². The molecule has 0 bridgehead atoms. The van der Waals surface area contributed by atoms with Crippen LogP contribution < -0.4 is 15.2 Å². The van der Waals surface area contributed by atoms with Gasteiger partial charge in [-0.15, -0.1) is 0 Å². The fourth-order valence-corrected chi connectivity index (χ4v) is 4.12. The summed E-state index contributed by atoms with van der Waals surface area (Å²) >= 11 is 5.43. The van der Waals surface area contributed by atoms with Gasteiger partial charge in [0.05, 0.1) is 4.47 Å². The van der Waals surface area contributed by atoms with E-state index >= 15 is 0 Å². The maximum Gasteiger partial charge on any atom is 0.231 e. The number of benzene rings is 1. The number of fused-ring (bicyclic) bond motifs is 1. The Kier molecular flexibility index (Phi) is 6.22. The van der Waals surface area contributed by atoms with Crippen molar-refractivity contribution >= 4 is 27.7 Å². The summed E-state index contributed by atoms with van der Waals surface area (Å²) in [5.41, 5.74) is 7.22. The van der Waals surface area contributed by atoms with Gasteiger partial charge in [0.2, 0.25) is 6.79 Å². The number of halogens is 1. The Hall–Kier alpha value is -0.430. The normalized spacial score (nSPS) is 16.3. The van der Waals surface area contributed by atoms with E-state index in [0.29, 0.717) is 12.6 Å². The lowest BCUT2D eigenvalue weighted by atomic mass is 10.0. The smallest absolute Gasteiger partial charge is 0.231 e. The lowest BCUT2D eigenvalue weighted by Gasteiger charge is -2.34. The first-order valence-corrected chi connectivity index (χ1v) is 9.31. The van der Waals surface area contributed by atoms with Gasteiger partial charge in [-0.25, -0.2) is 0 Å². The number of rotatable bonds is 7. The second kappa shape index (κ2) is 7.72. The second-order valence-electron chi connectivity index (χ2n) is 5.17. The molecule has 2 N–H and O–H groups in total. The lowest BCUT2D eigenvalue weighted by molar-refractivity contribution is 0.173. The minimum Gasteiger partial charge on any atom is -0.454 e. The van der Waals surface area contributed by atoms with Gasteiger partial charge in [-0.3, -0.25) is 4.90 Å². The molecule has 0 spiro atoms. The van der Waals surface area contributed by atoms with Gasteiger partial charge in [-0.1, -0.05) is 6.92 Å². The molecule has 1 aliphatic rings. The maximum atomic E-state index is 6.05. The van der Waals surface area contributed by atoms with Crippen LogP contribution in [0, 0.1) is 0 Å². The molecule has 2 atom stereocenters. The zero-order valence-electron chi connectivity index (χ0n) is 12.8. The molecule has 0 saturated heterocycles. The number of hydrogen-bond acceptors (Lipinski definition) is 5. The van der Waals surface area contributed by atoms with Crippen molar-refractivity contribution in [2.24, 2.45) is 5.73 Å². The lowest BCUT2D eigenvalue weighted by Crippen LogP contribution is -2.39. The fourth-order valence-electron chi connectivity index (χ4n) is 2.69. The summed E-state index contributed by atoms with van der Waals surface area (Å²) in [7, 11) is 2.15. The summed E-state index contributed by atoms with van der Waals surface area (Å²) in [6, 6.07) is 4.82. The Morgan fingerprint density at radius 3 is 2.81 bits per heavy atom. The fraction of sp³-hybridized carbons (Fsp3) is 0.600. The minimum atomic E-state index is 0.174. The van der Waals surface area contributed by atoms with Crippen LogP contribution in [0.25, 0.3) is 0 Å². The average molecular weight is 375 g/mol. The van der Waals surface area contributed by atoms with Crippen LogP contribution in [0.15, 0.2) is 16.6 Å². The van der Waals surface area contributed by atoms with Crippen LogP contribution in [0.5, 0.6) is 11.5 Å². The van der Waals surface area contributed by atoms with E-state index in [1.54, 1.807) is 0 Å². The number of likely N-dealkylation sites (N-methyl/N-ethyl adjacent to an activating group) is 1. The maximum absolute atomic E-state index is 6.05. The van der Waals surface area contributed by atoms with E-state index in [1.165, 1.54) is 0 Å². The monoisotopic (exact) mass is 374 g/mol. The van der Waals surface area contributed by atoms with Gasteiger partial charge >= 0.3 is 0 Å². The van der Waals surface area contributed by atoms with Crippen molar-refractivity contribution in [1.82, 2.24) is 4.90 Å². The Morgan fingerprint density at radius 2 is 2.19 bits per heavy atom. The SMILES string of the molecule is CCC(CSC)N(C)C(CN)c1cc(Br)c2c(c1)OCO2. The molecule has 4 nitrogen and oxygen atoms in total. The van der Waals surface area contributed by atoms with Gasteiger partial charge in [0.25, 0.3) is 0 Å². The molecule has 2 unspecified atom stereocenters. The number of hydrogen-bond donors (Lipinski definition) is 1. The highest BCUT2D eigenvalue weighted by atomic mass is 79.9. The van der Waals surface area contributed by atoms with E-state index in [9.17, 15) is 0 Å². The van der Waals surface area contributed by atoms with Crippen molar-refractivity contribution in [2.75, 3.05) is 32.4 Å². The van der Waals surface area contributed by atoms with Crippen molar-refractivity contribution in [2.45, 2.75) is 25.4 Å². The molecule has 1 aliphatic heterocycles. The standard InChI is InChI=1S/C15H23BrN2O2S/c1-4-11(8-21-3)18(2)13(7-17)10-5-12(16)15-14(6-10)19-9-20-15/h5-6,11,13H,4,7-9,17H2,1-3H3. The van der Waals surface area contributed by atoms with Gasteiger partial charge in [0.1, 0.15) is 0 Å². The summed E-state index contributed by atoms with van der Waals surface area (Å²) in [4.78, 5) is 2.38. The van der Waals surface area contributed by atoms with Crippen molar-refractivity contribution in [3.8, 4) is 11.5 Å². The number of thioether (sulfide) groups is 1. The molecule has 6 heteroatoms. The molecule has 0 aliphatic carbocycles. The van der Waals surface area contributed by atoms with Gasteiger partial charge in [-0.2, -0.15) is 11.8 Å². The first kappa shape index (κ1) is 16.9. The van der Waals surface area contributed by atoms with Gasteiger partial charge in [-0.05, 0) is 53.4 Å². The van der Waals surface area contributed by atoms with Crippen molar-refractivity contribution in [1.29, 1.82) is 0 Å². The first-order chi connectivity index (χ1) is 10.1. The number of ether oxygens (including phenoxy) is 2. The van der Waals surface area contributed by atoms with Crippen LogP contribution in [-0.4, -0.2) is 43.3 Å². The zero-order valence-corrected chi connectivity index (χ0v) is 15.2. The Bertz CT molecular complexity index is 487. The molecule has 1 aromatic carbocycles. The van der Waals surface area contributed by atoms with Crippen LogP contribution >= 0.6 is 27.7 Å². The predicted octanol–water partition coefficient (Wildman–Crippen LogP) is 3.25. The highest BCUT2D eigenvalue weighted by Gasteiger charge is 2.25. The Labute approximate surface area is 139 Å². The van der Waals surface area contributed by atoms with Crippen LogP contribution in [0.4, 0.5) is 0 Å². The molecule has 0 amide bonds. The number of nitrogens with zero attached hydrogens (tertiary/aromatic N) is 1. The van der Waals surface area contributed by atoms with E-state index in [0.717, 1.165) is 33.7 Å². The van der Waals surface area contributed by atoms with Crippen molar-refractivity contribution < 1.29 is 9.47 Å². The van der Waals surface area contributed by atoms with Crippen LogP contribution in [0.3, 0.4) is 0 Å². The highest BCUT2D eigenvalue weighted by Crippen LogP contribution is 2.42. The Balaban J connectivity index is 2.26. The summed E-state index contributed by atoms with van der Waals surface area (Å²) in [5, 5.41) is 0. The largest absolute Gasteiger partial charge is 0.454 e. The average Bonchev–Trinajstić information content (AvgIpc) is 2.94. The first-order valence-electron chi connectivity index (χ1n) is 7.12. The molecule has 1 heterocycles. The highest BCUT2D eigenvalue weighted by molar-refractivity contribution is 9.10. The van der Waals surface area contributed by atoms with E-state index in [-0.39, 0.29) is 12.8 Å². The van der Waals surface area contributed by atoms with Crippen LogP contribution in [0.2, 0.25) is 0 Å². The van der Waals surface area contributed by atoms with Gasteiger partial charge < -0.3 is 15.2 Å². The van der Waals surface area contributed by atoms with Crippen LogP contribution in [0.1, 0.15) is 24.9 Å². The third-order valence-electron chi connectivity index (χ3n) is 3.96. The van der Waals surface area contributed by atoms with E-state index in [4.69, 9.17) is 15.2 Å². The van der Waals surface area contributed by atoms with Crippen LogP contribution in [-0.2, 0) is 0 Å². The molecule has 0 saturated carbocycles. The molecular weight excluding hydrogens is 352 g/mol. The predicted molar refractivity (Wildman–Crippen MR) is 92.3 cm³/mol. The van der Waals surface area contributed by atoms with E-state index in [1.807, 2.05) is 17.8 Å². The summed E-state index contributed by atoms with van der Waals surface area (Å²) in [5.74, 6) is 2.69. The zero-order chi connectivity index (χ0) is 15.4. The summed E-state index contributed by atoms with van der Waals surface area (Å²) < 4.78 is 11.9. The van der Waals surface area contributed by atoms with Gasteiger partial charge in [0, 0.05) is 24.4 Å². The van der Waals surface area contributed by atoms with E-state index < -0.39 is 0 Å². The summed E-state index contributed by atoms with van der Waals surface area (Å²) in [6.45, 7) is 3.08. The quantitative estimate of drug-likeness (QED) is 0.793.